The largest absolute Gasteiger partial charge is 0.493 e. The topological polar surface area (TPSA) is 44.5 Å². The van der Waals surface area contributed by atoms with Crippen LogP contribution in [0.3, 0.4) is 0 Å². The average Bonchev–Trinajstić information content (AvgIpc) is 2.92. The average molecular weight is 240 g/mol. The van der Waals surface area contributed by atoms with Crippen LogP contribution in [0.2, 0.25) is 5.02 Å². The highest BCUT2D eigenvalue weighted by molar-refractivity contribution is 6.33. The van der Waals surface area contributed by atoms with Crippen LogP contribution >= 0.6 is 11.6 Å². The quantitative estimate of drug-likeness (QED) is 0.855. The molecule has 0 spiro atoms. The van der Waals surface area contributed by atoms with Gasteiger partial charge in [0.2, 0.25) is 0 Å². The third-order valence-corrected chi connectivity index (χ3v) is 3.64. The Morgan fingerprint density at radius 2 is 1.75 bits per heavy atom. The standard InChI is InChI=1S/C12H14ClNO2/c13-10-9-3-6-15-11(9)7(1-4-14)8-2-5-16-12(8)10/h1-6,14H2. The molecule has 2 aliphatic rings. The molecule has 16 heavy (non-hydrogen) atoms. The molecule has 0 aromatic heterocycles. The van der Waals surface area contributed by atoms with Gasteiger partial charge in [0.25, 0.3) is 0 Å². The summed E-state index contributed by atoms with van der Waals surface area (Å²) in [7, 11) is 0. The van der Waals surface area contributed by atoms with Gasteiger partial charge in [0.15, 0.2) is 0 Å². The van der Waals surface area contributed by atoms with Crippen molar-refractivity contribution in [1.29, 1.82) is 0 Å². The fourth-order valence-corrected chi connectivity index (χ4v) is 2.91. The van der Waals surface area contributed by atoms with Gasteiger partial charge in [-0.15, -0.1) is 0 Å². The van der Waals surface area contributed by atoms with Crippen molar-refractivity contribution in [1.82, 2.24) is 0 Å². The van der Waals surface area contributed by atoms with Gasteiger partial charge in [0, 0.05) is 29.5 Å². The van der Waals surface area contributed by atoms with E-state index in [-0.39, 0.29) is 0 Å². The summed E-state index contributed by atoms with van der Waals surface area (Å²) >= 11 is 6.34. The lowest BCUT2D eigenvalue weighted by Crippen LogP contribution is -2.06. The van der Waals surface area contributed by atoms with Gasteiger partial charge < -0.3 is 15.2 Å². The lowest BCUT2D eigenvalue weighted by atomic mass is 9.97. The second-order valence-corrected chi connectivity index (χ2v) is 4.52. The number of ether oxygens (including phenoxy) is 2. The van der Waals surface area contributed by atoms with Crippen LogP contribution in [-0.2, 0) is 19.3 Å². The summed E-state index contributed by atoms with van der Waals surface area (Å²) in [6, 6.07) is 0. The molecule has 0 atom stereocenters. The molecule has 1 aromatic rings. The fraction of sp³-hybridized carbons (Fsp3) is 0.500. The maximum Gasteiger partial charge on any atom is 0.142 e. The number of rotatable bonds is 2. The molecule has 0 bridgehead atoms. The Kier molecular flexibility index (Phi) is 2.45. The summed E-state index contributed by atoms with van der Waals surface area (Å²) in [4.78, 5) is 0. The first-order valence-electron chi connectivity index (χ1n) is 5.64. The molecule has 0 aliphatic carbocycles. The zero-order chi connectivity index (χ0) is 11.1. The summed E-state index contributed by atoms with van der Waals surface area (Å²) in [5, 5.41) is 0.751. The highest BCUT2D eigenvalue weighted by Crippen LogP contribution is 2.46. The van der Waals surface area contributed by atoms with Gasteiger partial charge in [-0.1, -0.05) is 11.6 Å². The predicted molar refractivity (Wildman–Crippen MR) is 62.6 cm³/mol. The van der Waals surface area contributed by atoms with Crippen LogP contribution in [0.1, 0.15) is 16.7 Å². The molecule has 2 N–H and O–H groups in total. The summed E-state index contributed by atoms with van der Waals surface area (Å²) in [6.07, 6.45) is 2.63. The Bertz CT molecular complexity index is 410. The fourth-order valence-electron chi connectivity index (χ4n) is 2.56. The summed E-state index contributed by atoms with van der Waals surface area (Å²) in [6.45, 7) is 2.06. The van der Waals surface area contributed by atoms with Gasteiger partial charge in [-0.2, -0.15) is 0 Å². The second-order valence-electron chi connectivity index (χ2n) is 4.14. The third kappa shape index (κ3) is 1.31. The van der Waals surface area contributed by atoms with Gasteiger partial charge in [-0.25, -0.2) is 0 Å². The minimum atomic E-state index is 0.629. The molecule has 0 radical (unpaired) electrons. The molecule has 0 amide bonds. The number of hydrogen-bond acceptors (Lipinski definition) is 3. The molecule has 3 rings (SSSR count). The molecule has 0 saturated heterocycles. The lowest BCUT2D eigenvalue weighted by molar-refractivity contribution is 0.353. The Balaban J connectivity index is 2.23. The SMILES string of the molecule is NCCc1c2c(c(Cl)c3c1OCC3)OCC2. The zero-order valence-electron chi connectivity index (χ0n) is 9.01. The van der Waals surface area contributed by atoms with E-state index in [1.165, 1.54) is 11.1 Å². The molecular weight excluding hydrogens is 226 g/mol. The number of nitrogens with two attached hydrogens (primary N) is 1. The van der Waals surface area contributed by atoms with E-state index >= 15 is 0 Å². The number of hydrogen-bond donors (Lipinski definition) is 1. The van der Waals surface area contributed by atoms with Crippen LogP contribution in [0, 0.1) is 0 Å². The third-order valence-electron chi connectivity index (χ3n) is 3.24. The Morgan fingerprint density at radius 1 is 1.06 bits per heavy atom. The molecule has 86 valence electrons. The second kappa shape index (κ2) is 3.82. The highest BCUT2D eigenvalue weighted by Gasteiger charge is 2.29. The van der Waals surface area contributed by atoms with E-state index < -0.39 is 0 Å². The van der Waals surface area contributed by atoms with E-state index in [0.717, 1.165) is 54.6 Å². The molecule has 0 saturated carbocycles. The summed E-state index contributed by atoms with van der Waals surface area (Å²) in [5.41, 5.74) is 9.18. The van der Waals surface area contributed by atoms with Crippen molar-refractivity contribution in [3.63, 3.8) is 0 Å². The Morgan fingerprint density at radius 3 is 2.50 bits per heavy atom. The predicted octanol–water partition coefficient (Wildman–Crippen LogP) is 1.71. The van der Waals surface area contributed by atoms with E-state index in [4.69, 9.17) is 26.8 Å². The molecule has 2 heterocycles. The van der Waals surface area contributed by atoms with Gasteiger partial charge in [-0.05, 0) is 13.0 Å². The smallest absolute Gasteiger partial charge is 0.142 e. The van der Waals surface area contributed by atoms with Crippen molar-refractivity contribution in [3.05, 3.63) is 21.7 Å². The van der Waals surface area contributed by atoms with E-state index in [9.17, 15) is 0 Å². The van der Waals surface area contributed by atoms with E-state index in [1.807, 2.05) is 0 Å². The van der Waals surface area contributed by atoms with Crippen LogP contribution in [0.25, 0.3) is 0 Å². The normalized spacial score (nSPS) is 16.6. The molecular formula is C12H14ClNO2. The van der Waals surface area contributed by atoms with Crippen molar-refractivity contribution in [2.45, 2.75) is 19.3 Å². The number of benzene rings is 1. The van der Waals surface area contributed by atoms with Gasteiger partial charge in [0.05, 0.1) is 18.2 Å². The van der Waals surface area contributed by atoms with Crippen molar-refractivity contribution in [2.75, 3.05) is 19.8 Å². The first-order chi connectivity index (χ1) is 7.83. The van der Waals surface area contributed by atoms with Crippen LogP contribution in [0.4, 0.5) is 0 Å². The number of fused-ring (bicyclic) bond motifs is 2. The van der Waals surface area contributed by atoms with Crippen LogP contribution in [0.15, 0.2) is 0 Å². The maximum absolute atomic E-state index is 6.34. The Hall–Kier alpha value is -0.930. The van der Waals surface area contributed by atoms with Gasteiger partial charge in [-0.3, -0.25) is 0 Å². The molecule has 1 aromatic carbocycles. The van der Waals surface area contributed by atoms with Crippen molar-refractivity contribution in [2.24, 2.45) is 5.73 Å². The van der Waals surface area contributed by atoms with Gasteiger partial charge >= 0.3 is 0 Å². The number of halogens is 1. The first kappa shape index (κ1) is 10.2. The minimum Gasteiger partial charge on any atom is -0.493 e. The van der Waals surface area contributed by atoms with Gasteiger partial charge in [0.1, 0.15) is 11.5 Å². The molecule has 0 unspecified atom stereocenters. The van der Waals surface area contributed by atoms with E-state index in [1.54, 1.807) is 0 Å². The summed E-state index contributed by atoms with van der Waals surface area (Å²) < 4.78 is 11.3. The molecule has 4 heteroatoms. The lowest BCUT2D eigenvalue weighted by Gasteiger charge is -2.13. The monoisotopic (exact) mass is 239 g/mol. The zero-order valence-corrected chi connectivity index (χ0v) is 9.77. The van der Waals surface area contributed by atoms with Crippen molar-refractivity contribution >= 4 is 11.6 Å². The molecule has 0 fully saturated rings. The van der Waals surface area contributed by atoms with Crippen LogP contribution in [-0.4, -0.2) is 19.8 Å². The first-order valence-corrected chi connectivity index (χ1v) is 6.02. The molecule has 3 nitrogen and oxygen atoms in total. The maximum atomic E-state index is 6.34. The van der Waals surface area contributed by atoms with Crippen molar-refractivity contribution in [3.8, 4) is 11.5 Å². The Labute approximate surface area is 99.5 Å². The summed E-state index contributed by atoms with van der Waals surface area (Å²) in [5.74, 6) is 1.84. The van der Waals surface area contributed by atoms with E-state index in [0.29, 0.717) is 6.54 Å². The van der Waals surface area contributed by atoms with E-state index in [2.05, 4.69) is 0 Å². The van der Waals surface area contributed by atoms with Crippen LogP contribution < -0.4 is 15.2 Å². The molecule has 2 aliphatic heterocycles. The minimum absolute atomic E-state index is 0.629. The van der Waals surface area contributed by atoms with Crippen LogP contribution in [0.5, 0.6) is 11.5 Å². The highest BCUT2D eigenvalue weighted by atomic mass is 35.5. The van der Waals surface area contributed by atoms with Crippen molar-refractivity contribution < 1.29 is 9.47 Å².